The number of nitrogens with zero attached hydrogens (tertiary/aromatic N) is 3. The first kappa shape index (κ1) is 17.5. The molecule has 1 aromatic heterocycles. The number of likely N-dealkylation sites (tertiary alicyclic amines) is 1. The largest absolute Gasteiger partial charge is 0.481 e. The van der Waals surface area contributed by atoms with Gasteiger partial charge in [-0.2, -0.15) is 4.98 Å². The molecule has 1 unspecified atom stereocenters. The lowest BCUT2D eigenvalue weighted by Crippen LogP contribution is -2.52. The minimum atomic E-state index is -0.543. The van der Waals surface area contributed by atoms with Crippen LogP contribution in [-0.4, -0.2) is 40.1 Å². The van der Waals surface area contributed by atoms with Crippen LogP contribution in [0.2, 0.25) is 5.02 Å². The summed E-state index contributed by atoms with van der Waals surface area (Å²) in [5.74, 6) is 1.70. The van der Waals surface area contributed by atoms with Gasteiger partial charge in [0.25, 0.3) is 5.91 Å². The summed E-state index contributed by atoms with van der Waals surface area (Å²) in [5, 5.41) is 4.64. The van der Waals surface area contributed by atoms with Crippen LogP contribution in [0.1, 0.15) is 18.7 Å². The molecular weight excluding hydrogens is 366 g/mol. The van der Waals surface area contributed by atoms with E-state index in [0.29, 0.717) is 35.6 Å². The maximum Gasteiger partial charge on any atom is 0.263 e. The first-order valence-corrected chi connectivity index (χ1v) is 9.08. The summed E-state index contributed by atoms with van der Waals surface area (Å²) in [6.45, 7) is 2.84. The Labute approximate surface area is 161 Å². The van der Waals surface area contributed by atoms with Crippen molar-refractivity contribution in [3.05, 3.63) is 65.5 Å². The molecule has 27 heavy (non-hydrogen) atoms. The van der Waals surface area contributed by atoms with Gasteiger partial charge in [0.1, 0.15) is 5.75 Å². The molecule has 0 saturated carbocycles. The molecule has 7 heteroatoms. The van der Waals surface area contributed by atoms with Gasteiger partial charge in [-0.05, 0) is 31.2 Å². The van der Waals surface area contributed by atoms with Crippen LogP contribution in [0.5, 0.6) is 5.75 Å². The highest BCUT2D eigenvalue weighted by atomic mass is 35.5. The van der Waals surface area contributed by atoms with Gasteiger partial charge >= 0.3 is 0 Å². The zero-order valence-corrected chi connectivity index (χ0v) is 15.5. The molecule has 1 amide bonds. The highest BCUT2D eigenvalue weighted by Crippen LogP contribution is 2.29. The van der Waals surface area contributed by atoms with E-state index >= 15 is 0 Å². The maximum absolute atomic E-state index is 12.5. The summed E-state index contributed by atoms with van der Waals surface area (Å²) in [6, 6.07) is 16.6. The van der Waals surface area contributed by atoms with E-state index in [4.69, 9.17) is 20.9 Å². The normalized spacial score (nSPS) is 15.3. The van der Waals surface area contributed by atoms with E-state index in [2.05, 4.69) is 10.1 Å². The first-order chi connectivity index (χ1) is 13.1. The van der Waals surface area contributed by atoms with Crippen molar-refractivity contribution in [2.75, 3.05) is 13.1 Å². The van der Waals surface area contributed by atoms with E-state index in [9.17, 15) is 4.79 Å². The number of carbonyl (C=O) groups excluding carboxylic acids is 1. The standard InChI is InChI=1S/C20H18ClN3O3/c1-13(26-17-8-3-2-4-9-17)20(25)24-11-15(12-24)19-22-18(23-27-19)14-6-5-7-16(21)10-14/h2-10,13,15H,11-12H2,1H3. The molecular formula is C20H18ClN3O3. The van der Waals surface area contributed by atoms with E-state index in [-0.39, 0.29) is 11.8 Å². The van der Waals surface area contributed by atoms with Gasteiger partial charge in [-0.1, -0.05) is 47.1 Å². The predicted molar refractivity (Wildman–Crippen MR) is 101 cm³/mol. The van der Waals surface area contributed by atoms with Crippen molar-refractivity contribution in [2.45, 2.75) is 18.9 Å². The second-order valence-corrected chi connectivity index (χ2v) is 6.92. The van der Waals surface area contributed by atoms with E-state index in [1.54, 1.807) is 24.0 Å². The topological polar surface area (TPSA) is 68.5 Å². The van der Waals surface area contributed by atoms with Crippen LogP contribution in [-0.2, 0) is 4.79 Å². The second kappa shape index (κ2) is 7.40. The molecule has 1 atom stereocenters. The minimum Gasteiger partial charge on any atom is -0.481 e. The van der Waals surface area contributed by atoms with Gasteiger partial charge in [0.2, 0.25) is 11.7 Å². The van der Waals surface area contributed by atoms with Gasteiger partial charge in [0.15, 0.2) is 6.10 Å². The fourth-order valence-corrected chi connectivity index (χ4v) is 3.16. The smallest absolute Gasteiger partial charge is 0.263 e. The summed E-state index contributed by atoms with van der Waals surface area (Å²) in [6.07, 6.45) is -0.543. The third kappa shape index (κ3) is 3.80. The summed E-state index contributed by atoms with van der Waals surface area (Å²) >= 11 is 6.00. The molecule has 2 aromatic carbocycles. The van der Waals surface area contributed by atoms with Crippen molar-refractivity contribution in [1.82, 2.24) is 15.0 Å². The number of hydrogen-bond donors (Lipinski definition) is 0. The third-order valence-corrected chi connectivity index (χ3v) is 4.71. The molecule has 0 aliphatic carbocycles. The number of carbonyl (C=O) groups is 1. The molecule has 1 fully saturated rings. The van der Waals surface area contributed by atoms with Crippen LogP contribution in [0.4, 0.5) is 0 Å². The Balaban J connectivity index is 1.35. The minimum absolute atomic E-state index is 0.0401. The Bertz CT molecular complexity index is 938. The van der Waals surface area contributed by atoms with E-state index < -0.39 is 6.10 Å². The molecule has 1 saturated heterocycles. The van der Waals surface area contributed by atoms with Gasteiger partial charge < -0.3 is 14.2 Å². The van der Waals surface area contributed by atoms with Gasteiger partial charge in [0.05, 0.1) is 5.92 Å². The average molecular weight is 384 g/mol. The van der Waals surface area contributed by atoms with Crippen LogP contribution in [0.15, 0.2) is 59.1 Å². The zero-order chi connectivity index (χ0) is 18.8. The van der Waals surface area contributed by atoms with Crippen molar-refractivity contribution >= 4 is 17.5 Å². The lowest BCUT2D eigenvalue weighted by molar-refractivity contribution is -0.142. The van der Waals surface area contributed by atoms with Crippen molar-refractivity contribution in [3.63, 3.8) is 0 Å². The molecule has 1 aliphatic rings. The van der Waals surface area contributed by atoms with Gasteiger partial charge in [0, 0.05) is 23.7 Å². The van der Waals surface area contributed by atoms with Crippen LogP contribution >= 0.6 is 11.6 Å². The Hall–Kier alpha value is -2.86. The summed E-state index contributed by atoms with van der Waals surface area (Å²) < 4.78 is 11.1. The molecule has 3 aromatic rings. The summed E-state index contributed by atoms with van der Waals surface area (Å²) in [4.78, 5) is 18.7. The maximum atomic E-state index is 12.5. The lowest BCUT2D eigenvalue weighted by Gasteiger charge is -2.38. The first-order valence-electron chi connectivity index (χ1n) is 8.70. The number of hydrogen-bond acceptors (Lipinski definition) is 5. The zero-order valence-electron chi connectivity index (χ0n) is 14.7. The van der Waals surface area contributed by atoms with Crippen molar-refractivity contribution in [2.24, 2.45) is 0 Å². The molecule has 0 N–H and O–H groups in total. The Kier molecular flexibility index (Phi) is 4.81. The molecule has 2 heterocycles. The molecule has 138 valence electrons. The lowest BCUT2D eigenvalue weighted by atomic mass is 9.99. The van der Waals surface area contributed by atoms with Gasteiger partial charge in [-0.15, -0.1) is 0 Å². The number of ether oxygens (including phenoxy) is 1. The number of halogens is 1. The van der Waals surface area contributed by atoms with E-state index in [1.807, 2.05) is 42.5 Å². The van der Waals surface area contributed by atoms with Gasteiger partial charge in [-0.3, -0.25) is 4.79 Å². The fourth-order valence-electron chi connectivity index (χ4n) is 2.97. The van der Waals surface area contributed by atoms with Crippen LogP contribution < -0.4 is 4.74 Å². The molecule has 0 spiro atoms. The Morgan fingerprint density at radius 2 is 2.00 bits per heavy atom. The average Bonchev–Trinajstić information content (AvgIpc) is 3.11. The monoisotopic (exact) mass is 383 g/mol. The predicted octanol–water partition coefficient (Wildman–Crippen LogP) is 3.78. The molecule has 1 aliphatic heterocycles. The molecule has 6 nitrogen and oxygen atoms in total. The molecule has 4 rings (SSSR count). The van der Waals surface area contributed by atoms with E-state index in [1.165, 1.54) is 0 Å². The molecule has 0 bridgehead atoms. The van der Waals surface area contributed by atoms with Crippen LogP contribution in [0.25, 0.3) is 11.4 Å². The number of benzene rings is 2. The summed E-state index contributed by atoms with van der Waals surface area (Å²) in [5.41, 5.74) is 0.801. The second-order valence-electron chi connectivity index (χ2n) is 6.48. The number of para-hydroxylation sites is 1. The Morgan fingerprint density at radius 3 is 2.74 bits per heavy atom. The van der Waals surface area contributed by atoms with Gasteiger partial charge in [-0.25, -0.2) is 0 Å². The van der Waals surface area contributed by atoms with E-state index in [0.717, 1.165) is 5.56 Å². The van der Waals surface area contributed by atoms with Crippen molar-refractivity contribution < 1.29 is 14.1 Å². The fraction of sp³-hybridized carbons (Fsp3) is 0.250. The Morgan fingerprint density at radius 1 is 1.22 bits per heavy atom. The SMILES string of the molecule is CC(Oc1ccccc1)C(=O)N1CC(c2nc(-c3cccc(Cl)c3)no2)C1. The van der Waals surface area contributed by atoms with Crippen LogP contribution in [0, 0.1) is 0 Å². The van der Waals surface area contributed by atoms with Crippen molar-refractivity contribution in [3.8, 4) is 17.1 Å². The van der Waals surface area contributed by atoms with Crippen LogP contribution in [0.3, 0.4) is 0 Å². The highest BCUT2D eigenvalue weighted by Gasteiger charge is 2.37. The summed E-state index contributed by atoms with van der Waals surface area (Å²) in [7, 11) is 0. The number of rotatable bonds is 5. The third-order valence-electron chi connectivity index (χ3n) is 4.47. The van der Waals surface area contributed by atoms with Crippen molar-refractivity contribution in [1.29, 1.82) is 0 Å². The number of amides is 1. The number of aromatic nitrogens is 2. The highest BCUT2D eigenvalue weighted by molar-refractivity contribution is 6.30. The molecule has 0 radical (unpaired) electrons. The quantitative estimate of drug-likeness (QED) is 0.670.